The van der Waals surface area contributed by atoms with E-state index in [0.717, 1.165) is 36.2 Å². The Morgan fingerprint density at radius 3 is 2.97 bits per heavy atom. The Hall–Kier alpha value is -2.34. The summed E-state index contributed by atoms with van der Waals surface area (Å²) in [5, 5.41) is 3.54. The first kappa shape index (κ1) is 18.7. The average Bonchev–Trinajstić information content (AvgIpc) is 3.06. The van der Waals surface area contributed by atoms with Crippen molar-refractivity contribution in [1.82, 2.24) is 4.98 Å². The monoisotopic (exact) mass is 393 g/mol. The number of carbonyl (C=O) groups excluding carboxylic acids is 1. The molecule has 0 bridgehead atoms. The first-order valence-electron chi connectivity index (χ1n) is 10.6. The lowest BCUT2D eigenvalue weighted by Crippen LogP contribution is -2.44. The highest BCUT2D eigenvalue weighted by Gasteiger charge is 2.59. The molecule has 2 saturated carbocycles. The summed E-state index contributed by atoms with van der Waals surface area (Å²) in [6.07, 6.45) is 9.41. The van der Waals surface area contributed by atoms with Crippen molar-refractivity contribution < 1.29 is 9.53 Å². The van der Waals surface area contributed by atoms with Gasteiger partial charge in [0.05, 0.1) is 11.6 Å². The van der Waals surface area contributed by atoms with Crippen molar-refractivity contribution in [2.24, 2.45) is 28.2 Å². The molecule has 3 aliphatic carbocycles. The quantitative estimate of drug-likeness (QED) is 0.791. The van der Waals surface area contributed by atoms with Crippen LogP contribution in [0.2, 0.25) is 0 Å². The van der Waals surface area contributed by atoms with E-state index in [1.54, 1.807) is 6.20 Å². The summed E-state index contributed by atoms with van der Waals surface area (Å²) in [6, 6.07) is 3.71. The zero-order chi connectivity index (χ0) is 20.2. The van der Waals surface area contributed by atoms with Crippen LogP contribution in [0, 0.1) is 22.2 Å². The van der Waals surface area contributed by atoms with Crippen LogP contribution in [0.3, 0.4) is 0 Å². The van der Waals surface area contributed by atoms with Crippen molar-refractivity contribution >= 4 is 5.78 Å². The summed E-state index contributed by atoms with van der Waals surface area (Å²) in [5.41, 5.74) is 8.78. The number of rotatable bonds is 3. The highest BCUT2D eigenvalue weighted by molar-refractivity contribution is 6.00. The summed E-state index contributed by atoms with van der Waals surface area (Å²) in [6.45, 7) is 2.77. The Morgan fingerprint density at radius 2 is 2.24 bits per heavy atom. The number of hydrogen-bond donors (Lipinski definition) is 1. The van der Waals surface area contributed by atoms with E-state index in [1.165, 1.54) is 5.57 Å². The third-order valence-electron chi connectivity index (χ3n) is 7.78. The molecular weight excluding hydrogens is 366 g/mol. The van der Waals surface area contributed by atoms with E-state index in [0.29, 0.717) is 19.4 Å². The fourth-order valence-corrected chi connectivity index (χ4v) is 6.29. The lowest BCUT2D eigenvalue weighted by Gasteiger charge is -2.48. The molecule has 1 aromatic heterocycles. The predicted molar refractivity (Wildman–Crippen MR) is 109 cm³/mol. The number of ketones is 1. The van der Waals surface area contributed by atoms with E-state index in [-0.39, 0.29) is 41.1 Å². The molecule has 0 saturated heterocycles. The van der Waals surface area contributed by atoms with Crippen molar-refractivity contribution in [3.05, 3.63) is 58.0 Å². The molecule has 2 heterocycles. The zero-order valence-electron chi connectivity index (χ0n) is 16.7. The van der Waals surface area contributed by atoms with Crippen LogP contribution in [0.15, 0.2) is 52.7 Å². The van der Waals surface area contributed by atoms with Crippen molar-refractivity contribution in [2.75, 3.05) is 6.54 Å². The third-order valence-corrected chi connectivity index (χ3v) is 7.78. The molecule has 0 amide bonds. The largest absolute Gasteiger partial charge is 0.489 e. The molecule has 0 radical (unpaired) electrons. The molecular formula is C23H27N3O3. The van der Waals surface area contributed by atoms with Gasteiger partial charge in [0.2, 0.25) is 0 Å². The van der Waals surface area contributed by atoms with Gasteiger partial charge in [0.25, 0.3) is 0 Å². The number of allylic oxidation sites excluding steroid dienone is 3. The van der Waals surface area contributed by atoms with E-state index in [4.69, 9.17) is 10.5 Å². The number of aromatic nitrogens is 1. The Morgan fingerprint density at radius 1 is 1.38 bits per heavy atom. The number of pyridine rings is 1. The number of hydrogen-bond acceptors (Lipinski definition) is 6. The minimum atomic E-state index is -0.280. The molecule has 1 aliphatic heterocycles. The van der Waals surface area contributed by atoms with Crippen LogP contribution in [-0.2, 0) is 9.53 Å². The van der Waals surface area contributed by atoms with Gasteiger partial charge in [-0.3, -0.25) is 9.78 Å². The number of nitroso groups, excluding NO2 is 1. The normalized spacial score (nSPS) is 38.5. The third kappa shape index (κ3) is 2.80. The second kappa shape index (κ2) is 6.87. The molecule has 0 spiro atoms. The van der Waals surface area contributed by atoms with Gasteiger partial charge >= 0.3 is 0 Å². The Bertz CT molecular complexity index is 909. The van der Waals surface area contributed by atoms with Gasteiger partial charge in [0, 0.05) is 37.1 Å². The highest BCUT2D eigenvalue weighted by Crippen LogP contribution is 2.62. The second-order valence-corrected chi connectivity index (χ2v) is 9.31. The smallest absolute Gasteiger partial charge is 0.166 e. The van der Waals surface area contributed by atoms with Gasteiger partial charge < -0.3 is 10.5 Å². The standard InChI is InChI=1S/C23H27N3O3/c1-23-5-4-14-9-16-19(27)7-13(11-24)8-20(16)29-22(14)17(23)10-18(26-28)21(23)15-3-2-6-25-12-15/h2-3,6,9,12-13,17-18,21-22H,4-5,7-8,10-11,24H2,1H3/t13?,17-,18+,21-,22+,23-/m0/s1. The maximum absolute atomic E-state index is 12.6. The van der Waals surface area contributed by atoms with E-state index in [1.807, 2.05) is 12.3 Å². The number of nitrogens with two attached hydrogens (primary N) is 1. The van der Waals surface area contributed by atoms with Gasteiger partial charge in [-0.1, -0.05) is 18.2 Å². The van der Waals surface area contributed by atoms with Gasteiger partial charge in [-0.15, -0.1) is 0 Å². The van der Waals surface area contributed by atoms with E-state index in [2.05, 4.69) is 29.2 Å². The maximum atomic E-state index is 12.6. The van der Waals surface area contributed by atoms with Gasteiger partial charge in [-0.05, 0) is 60.4 Å². The molecule has 6 atom stereocenters. The Kier molecular flexibility index (Phi) is 4.42. The van der Waals surface area contributed by atoms with E-state index < -0.39 is 0 Å². The molecule has 0 aromatic carbocycles. The molecule has 1 unspecified atom stereocenters. The van der Waals surface area contributed by atoms with Crippen LogP contribution in [-0.4, -0.2) is 29.5 Å². The van der Waals surface area contributed by atoms with Crippen LogP contribution in [0.5, 0.6) is 0 Å². The number of Topliss-reactive ketones (excluding diaryl/α,β-unsaturated/α-hetero) is 1. The number of nitrogens with zero attached hydrogens (tertiary/aromatic N) is 2. The van der Waals surface area contributed by atoms with Crippen molar-refractivity contribution in [3.63, 3.8) is 0 Å². The minimum absolute atomic E-state index is 0.0454. The van der Waals surface area contributed by atoms with Crippen LogP contribution in [0.4, 0.5) is 0 Å². The van der Waals surface area contributed by atoms with Gasteiger partial charge in [0.1, 0.15) is 11.9 Å². The molecule has 152 valence electrons. The summed E-state index contributed by atoms with van der Waals surface area (Å²) in [5.74, 6) is 1.34. The first-order valence-corrected chi connectivity index (χ1v) is 10.6. The molecule has 6 nitrogen and oxygen atoms in total. The highest BCUT2D eigenvalue weighted by atomic mass is 16.5. The number of ether oxygens (including phenoxy) is 1. The fourth-order valence-electron chi connectivity index (χ4n) is 6.29. The fraction of sp³-hybridized carbons (Fsp3) is 0.565. The number of carbonyl (C=O) groups is 1. The van der Waals surface area contributed by atoms with Gasteiger partial charge in [-0.25, -0.2) is 0 Å². The maximum Gasteiger partial charge on any atom is 0.166 e. The van der Waals surface area contributed by atoms with E-state index >= 15 is 0 Å². The van der Waals surface area contributed by atoms with Gasteiger partial charge in [-0.2, -0.15) is 4.91 Å². The first-order chi connectivity index (χ1) is 14.0. The summed E-state index contributed by atoms with van der Waals surface area (Å²) in [4.78, 5) is 28.7. The molecule has 5 rings (SSSR count). The van der Waals surface area contributed by atoms with Crippen LogP contribution >= 0.6 is 0 Å². The lowest BCUT2D eigenvalue weighted by molar-refractivity contribution is -0.117. The van der Waals surface area contributed by atoms with Crippen molar-refractivity contribution in [1.29, 1.82) is 0 Å². The van der Waals surface area contributed by atoms with Crippen molar-refractivity contribution in [3.8, 4) is 0 Å². The second-order valence-electron chi connectivity index (χ2n) is 9.31. The SMILES string of the molecule is C[C@]12CCC3=CC4=C(CC(CN)CC4=O)O[C@H]3[C@@H]1C[C@@H](N=O)[C@@H]2c1cccnc1. The Labute approximate surface area is 170 Å². The predicted octanol–water partition coefficient (Wildman–Crippen LogP) is 3.64. The van der Waals surface area contributed by atoms with Crippen molar-refractivity contribution in [2.45, 2.75) is 57.1 Å². The van der Waals surface area contributed by atoms with Crippen LogP contribution in [0.25, 0.3) is 0 Å². The summed E-state index contributed by atoms with van der Waals surface area (Å²) in [7, 11) is 0. The molecule has 4 aliphatic rings. The topological polar surface area (TPSA) is 94.6 Å². The number of fused-ring (bicyclic) bond motifs is 3. The molecule has 6 heteroatoms. The summed E-state index contributed by atoms with van der Waals surface area (Å²) < 4.78 is 6.53. The minimum Gasteiger partial charge on any atom is -0.489 e. The zero-order valence-corrected chi connectivity index (χ0v) is 16.7. The molecule has 2 fully saturated rings. The molecule has 1 aromatic rings. The van der Waals surface area contributed by atoms with Gasteiger partial charge in [0.15, 0.2) is 5.78 Å². The average molecular weight is 393 g/mol. The Balaban J connectivity index is 1.50. The molecule has 29 heavy (non-hydrogen) atoms. The van der Waals surface area contributed by atoms with Crippen LogP contribution < -0.4 is 5.73 Å². The lowest BCUT2D eigenvalue weighted by atomic mass is 9.61. The van der Waals surface area contributed by atoms with Crippen LogP contribution in [0.1, 0.15) is 50.5 Å². The molecule has 2 N–H and O–H groups in total. The van der Waals surface area contributed by atoms with E-state index in [9.17, 15) is 9.70 Å². The summed E-state index contributed by atoms with van der Waals surface area (Å²) >= 11 is 0.